The number of hydrogen-bond acceptors (Lipinski definition) is 3. The van der Waals surface area contributed by atoms with E-state index in [2.05, 4.69) is 13.2 Å². The molecule has 1 aromatic carbocycles. The van der Waals surface area contributed by atoms with Crippen LogP contribution in [0.5, 0.6) is 0 Å². The molecule has 0 N–H and O–H groups in total. The summed E-state index contributed by atoms with van der Waals surface area (Å²) in [4.78, 5) is 15.8. The van der Waals surface area contributed by atoms with Gasteiger partial charge in [0.2, 0.25) is 0 Å². The summed E-state index contributed by atoms with van der Waals surface area (Å²) in [6.45, 7) is 10.6. The summed E-state index contributed by atoms with van der Waals surface area (Å²) < 4.78 is 0. The monoisotopic (exact) mass is 295 g/mol. The highest BCUT2D eigenvalue weighted by atomic mass is 16.2. The molecule has 0 aliphatic rings. The third-order valence-corrected chi connectivity index (χ3v) is 3.05. The molecule has 0 bridgehead atoms. The number of hydrogen-bond donors (Lipinski definition) is 0. The largest absolute Gasteiger partial charge is 0.347 e. The summed E-state index contributed by atoms with van der Waals surface area (Å²) in [5.41, 5.74) is 1.03. The molecular weight excluding hydrogens is 274 g/mol. The Balaban J connectivity index is 3.06. The van der Waals surface area contributed by atoms with Crippen LogP contribution >= 0.6 is 0 Å². The van der Waals surface area contributed by atoms with E-state index >= 15 is 0 Å². The Morgan fingerprint density at radius 2 is 1.82 bits per heavy atom. The molecule has 0 saturated heterocycles. The lowest BCUT2D eigenvalue weighted by Crippen LogP contribution is -2.33. The fourth-order valence-corrected chi connectivity index (χ4v) is 1.98. The summed E-state index contributed by atoms with van der Waals surface area (Å²) in [6.07, 6.45) is 4.85. The van der Waals surface area contributed by atoms with Gasteiger partial charge in [0.05, 0.1) is 0 Å². The highest BCUT2D eigenvalue weighted by Crippen LogP contribution is 2.15. The van der Waals surface area contributed by atoms with E-state index < -0.39 is 0 Å². The maximum atomic E-state index is 12.4. The summed E-state index contributed by atoms with van der Waals surface area (Å²) in [5, 5.41) is 9.33. The van der Waals surface area contributed by atoms with Crippen molar-refractivity contribution in [2.24, 2.45) is 0 Å². The van der Waals surface area contributed by atoms with Crippen LogP contribution in [0.25, 0.3) is 0 Å². The molecule has 0 aromatic heterocycles. The summed E-state index contributed by atoms with van der Waals surface area (Å²) in [5.74, 6) is -0.323. The molecule has 22 heavy (non-hydrogen) atoms. The quantitative estimate of drug-likeness (QED) is 0.420. The maximum Gasteiger partial charge on any atom is 0.266 e. The van der Waals surface area contributed by atoms with Crippen molar-refractivity contribution in [1.82, 2.24) is 4.90 Å². The second-order valence-electron chi connectivity index (χ2n) is 4.56. The Labute approximate surface area is 132 Å². The lowest BCUT2D eigenvalue weighted by Gasteiger charge is -2.22. The zero-order valence-corrected chi connectivity index (χ0v) is 12.9. The predicted octanol–water partition coefficient (Wildman–Crippen LogP) is 3.12. The summed E-state index contributed by atoms with van der Waals surface area (Å²) in [6, 6.07) is 11.6. The summed E-state index contributed by atoms with van der Waals surface area (Å²) in [7, 11) is 0. The van der Waals surface area contributed by atoms with Crippen molar-refractivity contribution in [3.63, 3.8) is 0 Å². The molecule has 0 atom stereocenters. The van der Waals surface area contributed by atoms with E-state index in [-0.39, 0.29) is 11.5 Å². The molecule has 1 aromatic rings. The molecule has 0 unspecified atom stereocenters. The van der Waals surface area contributed by atoms with Gasteiger partial charge in [0, 0.05) is 31.5 Å². The number of benzene rings is 1. The molecular formula is C18H21N3O. The lowest BCUT2D eigenvalue weighted by molar-refractivity contribution is -0.125. The van der Waals surface area contributed by atoms with Crippen molar-refractivity contribution in [2.75, 3.05) is 24.5 Å². The third-order valence-electron chi connectivity index (χ3n) is 3.05. The fraction of sp³-hybridized carbons (Fsp3) is 0.222. The van der Waals surface area contributed by atoms with Gasteiger partial charge in [0.15, 0.2) is 0 Å². The Kier molecular flexibility index (Phi) is 7.21. The van der Waals surface area contributed by atoms with Crippen LogP contribution in [0.1, 0.15) is 6.92 Å². The Bertz CT molecular complexity index is 574. The number of carbonyl (C=O) groups excluding carboxylic acids is 1. The van der Waals surface area contributed by atoms with Crippen LogP contribution in [0.2, 0.25) is 0 Å². The number of nitriles is 1. The smallest absolute Gasteiger partial charge is 0.266 e. The van der Waals surface area contributed by atoms with E-state index in [9.17, 15) is 10.1 Å². The van der Waals surface area contributed by atoms with Crippen molar-refractivity contribution in [2.45, 2.75) is 6.92 Å². The first-order valence-electron chi connectivity index (χ1n) is 7.12. The van der Waals surface area contributed by atoms with Gasteiger partial charge >= 0.3 is 0 Å². The van der Waals surface area contributed by atoms with E-state index in [0.29, 0.717) is 19.6 Å². The topological polar surface area (TPSA) is 47.3 Å². The van der Waals surface area contributed by atoms with Gasteiger partial charge in [-0.15, -0.1) is 13.2 Å². The van der Waals surface area contributed by atoms with E-state index in [1.165, 1.54) is 4.90 Å². The predicted molar refractivity (Wildman–Crippen MR) is 90.1 cm³/mol. The Morgan fingerprint density at radius 3 is 2.27 bits per heavy atom. The normalized spacial score (nSPS) is 10.5. The molecule has 4 nitrogen and oxygen atoms in total. The van der Waals surface area contributed by atoms with Gasteiger partial charge < -0.3 is 9.80 Å². The maximum absolute atomic E-state index is 12.4. The number of rotatable bonds is 8. The molecule has 114 valence electrons. The van der Waals surface area contributed by atoms with Gasteiger partial charge in [0.1, 0.15) is 11.6 Å². The second-order valence-corrected chi connectivity index (χ2v) is 4.56. The van der Waals surface area contributed by atoms with Gasteiger partial charge in [-0.2, -0.15) is 5.26 Å². The Morgan fingerprint density at radius 1 is 1.23 bits per heavy atom. The van der Waals surface area contributed by atoms with Gasteiger partial charge in [-0.05, 0) is 19.1 Å². The van der Waals surface area contributed by atoms with Crippen LogP contribution in [-0.4, -0.2) is 30.4 Å². The van der Waals surface area contributed by atoms with Crippen molar-refractivity contribution in [1.29, 1.82) is 5.26 Å². The molecule has 1 amide bonds. The molecule has 1 rings (SSSR count). The van der Waals surface area contributed by atoms with E-state index in [4.69, 9.17) is 0 Å². The highest BCUT2D eigenvalue weighted by Gasteiger charge is 2.17. The van der Waals surface area contributed by atoms with Crippen LogP contribution in [0.4, 0.5) is 5.69 Å². The van der Waals surface area contributed by atoms with Gasteiger partial charge in [-0.3, -0.25) is 4.79 Å². The first kappa shape index (κ1) is 17.3. The minimum atomic E-state index is -0.323. The number of amides is 1. The third kappa shape index (κ3) is 4.64. The first-order valence-corrected chi connectivity index (χ1v) is 7.12. The van der Waals surface area contributed by atoms with E-state index in [1.54, 1.807) is 18.4 Å². The van der Waals surface area contributed by atoms with Crippen molar-refractivity contribution in [3.8, 4) is 6.07 Å². The summed E-state index contributed by atoms with van der Waals surface area (Å²) >= 11 is 0. The fourth-order valence-electron chi connectivity index (χ4n) is 1.98. The molecule has 0 aliphatic heterocycles. The van der Waals surface area contributed by atoms with Crippen molar-refractivity contribution >= 4 is 11.6 Å². The highest BCUT2D eigenvalue weighted by molar-refractivity contribution is 5.97. The molecule has 0 spiro atoms. The van der Waals surface area contributed by atoms with Crippen LogP contribution < -0.4 is 4.90 Å². The zero-order valence-electron chi connectivity index (χ0n) is 12.9. The standard InChI is InChI=1S/C18H21N3O/c1-4-12-21(13-5-2)18(22)16(14-19)15-20(6-3)17-10-8-7-9-11-17/h4-5,7-11,15H,1-2,6,12-13H2,3H3/b16-15-. The first-order chi connectivity index (χ1) is 10.7. The molecule has 0 fully saturated rings. The average molecular weight is 295 g/mol. The lowest BCUT2D eigenvalue weighted by atomic mass is 10.2. The Hall–Kier alpha value is -2.80. The molecule has 0 saturated carbocycles. The number of carbonyl (C=O) groups is 1. The molecule has 4 heteroatoms. The second kappa shape index (κ2) is 9.19. The van der Waals surface area contributed by atoms with Crippen LogP contribution in [0.3, 0.4) is 0 Å². The van der Waals surface area contributed by atoms with Crippen molar-refractivity contribution in [3.05, 3.63) is 67.4 Å². The number of anilines is 1. The zero-order chi connectivity index (χ0) is 16.4. The minimum absolute atomic E-state index is 0.0920. The van der Waals surface area contributed by atoms with Gasteiger partial charge in [-0.1, -0.05) is 30.4 Å². The van der Waals surface area contributed by atoms with Gasteiger partial charge in [-0.25, -0.2) is 0 Å². The average Bonchev–Trinajstić information content (AvgIpc) is 2.56. The SMILES string of the molecule is C=CCN(CC=C)C(=O)/C(C#N)=C\N(CC)c1ccccc1. The van der Waals surface area contributed by atoms with Crippen LogP contribution in [0.15, 0.2) is 67.4 Å². The molecule has 0 radical (unpaired) electrons. The van der Waals surface area contributed by atoms with Crippen LogP contribution in [-0.2, 0) is 4.79 Å². The van der Waals surface area contributed by atoms with Crippen LogP contribution in [0, 0.1) is 11.3 Å². The number of para-hydroxylation sites is 1. The minimum Gasteiger partial charge on any atom is -0.347 e. The van der Waals surface area contributed by atoms with Gasteiger partial charge in [0.25, 0.3) is 5.91 Å². The number of nitrogens with zero attached hydrogens (tertiary/aromatic N) is 3. The van der Waals surface area contributed by atoms with Crippen molar-refractivity contribution < 1.29 is 4.79 Å². The van der Waals surface area contributed by atoms with E-state index in [1.807, 2.05) is 48.2 Å². The molecule has 0 aliphatic carbocycles. The van der Waals surface area contributed by atoms with E-state index in [0.717, 1.165) is 5.69 Å². The molecule has 0 heterocycles.